The summed E-state index contributed by atoms with van der Waals surface area (Å²) in [6, 6.07) is 8.25. The van der Waals surface area contributed by atoms with Crippen LogP contribution in [0.4, 0.5) is 0 Å². The van der Waals surface area contributed by atoms with Gasteiger partial charge >= 0.3 is 0 Å². The van der Waals surface area contributed by atoms with Crippen LogP contribution in [0.5, 0.6) is 0 Å². The van der Waals surface area contributed by atoms with Crippen molar-refractivity contribution in [1.29, 1.82) is 0 Å². The second-order valence-corrected chi connectivity index (χ2v) is 8.99. The summed E-state index contributed by atoms with van der Waals surface area (Å²) in [5.74, 6) is 0.598. The molecule has 1 saturated heterocycles. The minimum absolute atomic E-state index is 0.0363. The van der Waals surface area contributed by atoms with Crippen molar-refractivity contribution in [1.82, 2.24) is 14.0 Å². The Kier molecular flexibility index (Phi) is 4.49. The summed E-state index contributed by atoms with van der Waals surface area (Å²) in [6.07, 6.45) is 8.44. The highest BCUT2D eigenvalue weighted by Crippen LogP contribution is 2.34. The Morgan fingerprint density at radius 2 is 1.83 bits per heavy atom. The molecule has 1 unspecified atom stereocenters. The van der Waals surface area contributed by atoms with E-state index in [0.717, 1.165) is 61.5 Å². The Labute approximate surface area is 170 Å². The molecule has 1 aliphatic carbocycles. The SMILES string of the molecule is CC1CCCN(C(=O)c2cn(C3CCCC3)c(=O)c3c2c2ccccc2n3C)C1. The van der Waals surface area contributed by atoms with Crippen LogP contribution in [0.1, 0.15) is 61.8 Å². The molecule has 1 aliphatic heterocycles. The first-order chi connectivity index (χ1) is 14.1. The van der Waals surface area contributed by atoms with Crippen LogP contribution in [0.15, 0.2) is 35.3 Å². The molecule has 5 rings (SSSR count). The molecule has 2 aliphatic rings. The number of hydrogen-bond acceptors (Lipinski definition) is 2. The third kappa shape index (κ3) is 2.90. The molecule has 3 aromatic rings. The van der Waals surface area contributed by atoms with Gasteiger partial charge in [-0.05, 0) is 37.7 Å². The number of fused-ring (bicyclic) bond motifs is 3. The molecule has 1 saturated carbocycles. The van der Waals surface area contributed by atoms with Crippen LogP contribution in [-0.2, 0) is 7.05 Å². The second-order valence-electron chi connectivity index (χ2n) is 8.99. The molecule has 0 spiro atoms. The molecule has 0 bridgehead atoms. The first kappa shape index (κ1) is 18.5. The van der Waals surface area contributed by atoms with E-state index in [4.69, 9.17) is 0 Å². The number of carbonyl (C=O) groups excluding carboxylic acids is 1. The van der Waals surface area contributed by atoms with Gasteiger partial charge in [-0.25, -0.2) is 0 Å². The highest BCUT2D eigenvalue weighted by molar-refractivity contribution is 6.17. The highest BCUT2D eigenvalue weighted by Gasteiger charge is 2.29. The van der Waals surface area contributed by atoms with E-state index in [1.807, 2.05) is 51.5 Å². The lowest BCUT2D eigenvalue weighted by molar-refractivity contribution is 0.0684. The maximum absolute atomic E-state index is 13.7. The van der Waals surface area contributed by atoms with Gasteiger partial charge in [-0.1, -0.05) is 38.0 Å². The van der Waals surface area contributed by atoms with Crippen LogP contribution < -0.4 is 5.56 Å². The number of benzene rings is 1. The highest BCUT2D eigenvalue weighted by atomic mass is 16.2. The van der Waals surface area contributed by atoms with Crippen LogP contribution in [0.3, 0.4) is 0 Å². The van der Waals surface area contributed by atoms with E-state index >= 15 is 0 Å². The maximum atomic E-state index is 13.7. The number of pyridine rings is 1. The third-order valence-corrected chi connectivity index (χ3v) is 6.97. The average molecular weight is 392 g/mol. The minimum atomic E-state index is 0.0363. The summed E-state index contributed by atoms with van der Waals surface area (Å²) in [4.78, 5) is 29.2. The molecule has 1 aromatic carbocycles. The molecule has 0 N–H and O–H groups in total. The fraction of sp³-hybridized carbons (Fsp3) is 0.500. The zero-order valence-electron chi connectivity index (χ0n) is 17.4. The summed E-state index contributed by atoms with van der Waals surface area (Å²) >= 11 is 0. The molecular formula is C24H29N3O2. The van der Waals surface area contributed by atoms with Crippen molar-refractivity contribution >= 4 is 27.7 Å². The first-order valence-corrected chi connectivity index (χ1v) is 11.0. The van der Waals surface area contributed by atoms with Gasteiger partial charge in [0.1, 0.15) is 5.52 Å². The smallest absolute Gasteiger partial charge is 0.275 e. The lowest BCUT2D eigenvalue weighted by atomic mass is 9.99. The van der Waals surface area contributed by atoms with Crippen molar-refractivity contribution < 1.29 is 4.79 Å². The van der Waals surface area contributed by atoms with E-state index in [-0.39, 0.29) is 17.5 Å². The normalized spacial score (nSPS) is 20.8. The van der Waals surface area contributed by atoms with E-state index in [0.29, 0.717) is 17.0 Å². The molecule has 152 valence electrons. The van der Waals surface area contributed by atoms with Gasteiger partial charge in [-0.2, -0.15) is 0 Å². The van der Waals surface area contributed by atoms with Crippen molar-refractivity contribution in [2.24, 2.45) is 13.0 Å². The molecule has 1 amide bonds. The Morgan fingerprint density at radius 1 is 1.07 bits per heavy atom. The van der Waals surface area contributed by atoms with Crippen LogP contribution >= 0.6 is 0 Å². The van der Waals surface area contributed by atoms with Crippen LogP contribution in [0.25, 0.3) is 21.8 Å². The van der Waals surface area contributed by atoms with Gasteiger partial charge < -0.3 is 14.0 Å². The van der Waals surface area contributed by atoms with Gasteiger partial charge in [-0.15, -0.1) is 0 Å². The van der Waals surface area contributed by atoms with Gasteiger partial charge in [0.25, 0.3) is 11.5 Å². The van der Waals surface area contributed by atoms with Crippen LogP contribution in [0, 0.1) is 5.92 Å². The molecule has 1 atom stereocenters. The average Bonchev–Trinajstić information content (AvgIpc) is 3.36. The number of rotatable bonds is 2. The van der Waals surface area contributed by atoms with Gasteiger partial charge in [-0.3, -0.25) is 9.59 Å². The molecule has 5 heteroatoms. The zero-order valence-corrected chi connectivity index (χ0v) is 17.4. The number of likely N-dealkylation sites (tertiary alicyclic amines) is 1. The Bertz CT molecular complexity index is 1150. The summed E-state index contributed by atoms with van der Waals surface area (Å²) in [7, 11) is 1.95. The minimum Gasteiger partial charge on any atom is -0.339 e. The number of carbonyl (C=O) groups is 1. The largest absolute Gasteiger partial charge is 0.339 e. The van der Waals surface area contributed by atoms with Crippen molar-refractivity contribution in [3.05, 3.63) is 46.4 Å². The number of nitrogens with zero attached hydrogens (tertiary/aromatic N) is 3. The summed E-state index contributed by atoms with van der Waals surface area (Å²) < 4.78 is 3.85. The molecule has 2 aromatic heterocycles. The fourth-order valence-electron chi connectivity index (χ4n) is 5.46. The summed E-state index contributed by atoms with van der Waals surface area (Å²) in [5, 5.41) is 1.82. The van der Waals surface area contributed by atoms with Crippen molar-refractivity contribution in [2.75, 3.05) is 13.1 Å². The van der Waals surface area contributed by atoms with Gasteiger partial charge in [0, 0.05) is 48.7 Å². The van der Waals surface area contributed by atoms with Crippen LogP contribution in [-0.4, -0.2) is 33.0 Å². The van der Waals surface area contributed by atoms with E-state index < -0.39 is 0 Å². The second kappa shape index (κ2) is 7.05. The Balaban J connectivity index is 1.78. The van der Waals surface area contributed by atoms with Crippen molar-refractivity contribution in [3.8, 4) is 0 Å². The number of amides is 1. The maximum Gasteiger partial charge on any atom is 0.275 e. The first-order valence-electron chi connectivity index (χ1n) is 11.0. The fourth-order valence-corrected chi connectivity index (χ4v) is 5.46. The molecule has 0 radical (unpaired) electrons. The number of aryl methyl sites for hydroxylation is 1. The predicted molar refractivity (Wildman–Crippen MR) is 116 cm³/mol. The predicted octanol–water partition coefficient (Wildman–Crippen LogP) is 4.48. The standard InChI is InChI=1S/C24H29N3O2/c1-16-8-7-13-26(14-16)23(28)19-15-27(17-9-3-4-10-17)24(29)22-21(19)18-11-5-6-12-20(18)25(22)2/h5-6,11-12,15-17H,3-4,7-10,13-14H2,1-2H3. The van der Waals surface area contributed by atoms with E-state index in [1.54, 1.807) is 0 Å². The van der Waals surface area contributed by atoms with Crippen molar-refractivity contribution in [2.45, 2.75) is 51.5 Å². The topological polar surface area (TPSA) is 47.2 Å². The van der Waals surface area contributed by atoms with Gasteiger partial charge in [0.15, 0.2) is 0 Å². The Morgan fingerprint density at radius 3 is 2.59 bits per heavy atom. The van der Waals surface area contributed by atoms with Crippen LogP contribution in [0.2, 0.25) is 0 Å². The molecule has 29 heavy (non-hydrogen) atoms. The summed E-state index contributed by atoms with van der Waals surface area (Å²) in [6.45, 7) is 3.82. The summed E-state index contributed by atoms with van der Waals surface area (Å²) in [5.41, 5.74) is 2.39. The van der Waals surface area contributed by atoms with E-state index in [2.05, 4.69) is 6.92 Å². The van der Waals surface area contributed by atoms with Gasteiger partial charge in [0.05, 0.1) is 5.56 Å². The lowest BCUT2D eigenvalue weighted by Gasteiger charge is -2.31. The molecule has 5 nitrogen and oxygen atoms in total. The quantitative estimate of drug-likeness (QED) is 0.647. The van der Waals surface area contributed by atoms with Crippen molar-refractivity contribution in [3.63, 3.8) is 0 Å². The van der Waals surface area contributed by atoms with E-state index in [1.165, 1.54) is 6.42 Å². The monoisotopic (exact) mass is 391 g/mol. The zero-order chi connectivity index (χ0) is 20.1. The molecule has 3 heterocycles. The number of para-hydroxylation sites is 1. The number of piperidine rings is 1. The lowest BCUT2D eigenvalue weighted by Crippen LogP contribution is -2.40. The number of hydrogen-bond donors (Lipinski definition) is 0. The molecule has 2 fully saturated rings. The molecular weight excluding hydrogens is 362 g/mol. The van der Waals surface area contributed by atoms with E-state index in [9.17, 15) is 9.59 Å². The third-order valence-electron chi connectivity index (χ3n) is 6.97. The Hall–Kier alpha value is -2.56. The van der Waals surface area contributed by atoms with Gasteiger partial charge in [0.2, 0.25) is 0 Å². The number of aromatic nitrogens is 2.